The van der Waals surface area contributed by atoms with Gasteiger partial charge in [-0.3, -0.25) is 0 Å². The van der Waals surface area contributed by atoms with Crippen LogP contribution in [0, 0.1) is 0 Å². The Bertz CT molecular complexity index is 489. The van der Waals surface area contributed by atoms with E-state index < -0.39 is 0 Å². The van der Waals surface area contributed by atoms with Crippen LogP contribution >= 0.6 is 11.3 Å². The average Bonchev–Trinajstić information content (AvgIpc) is 2.59. The molecule has 0 saturated heterocycles. The van der Waals surface area contributed by atoms with Gasteiger partial charge in [0.05, 0.1) is 4.70 Å². The van der Waals surface area contributed by atoms with Gasteiger partial charge in [-0.1, -0.05) is 11.3 Å². The molecule has 0 bridgehead atoms. The molecule has 2 aromatic heterocycles. The van der Waals surface area contributed by atoms with E-state index in [-0.39, 0.29) is 0 Å². The fourth-order valence-corrected chi connectivity index (χ4v) is 2.97. The number of rotatable bonds is 0. The summed E-state index contributed by atoms with van der Waals surface area (Å²) in [5.74, 6) is 0. The van der Waals surface area contributed by atoms with E-state index in [0.29, 0.717) is 5.13 Å². The monoisotopic (exact) mass is 205 g/mol. The molecule has 0 fully saturated rings. The number of anilines is 1. The number of nitrogen functional groups attached to an aromatic ring is 1. The molecule has 0 atom stereocenters. The quantitative estimate of drug-likeness (QED) is 0.717. The molecule has 2 aromatic rings. The van der Waals surface area contributed by atoms with Gasteiger partial charge >= 0.3 is 0 Å². The standard InChI is InChI=1S/C10H11N3S/c11-10-13-9-8(14-10)7-4-2-1-3-6(7)5-12-9/h5H,1-4H2,(H2,11,12,13). The third-order valence-corrected chi connectivity index (χ3v) is 3.69. The van der Waals surface area contributed by atoms with Crippen LogP contribution in [-0.2, 0) is 12.8 Å². The van der Waals surface area contributed by atoms with E-state index in [4.69, 9.17) is 5.73 Å². The number of nitrogens with zero attached hydrogens (tertiary/aromatic N) is 2. The average molecular weight is 205 g/mol. The Morgan fingerprint density at radius 3 is 3.07 bits per heavy atom. The van der Waals surface area contributed by atoms with Crippen molar-refractivity contribution in [3.05, 3.63) is 17.3 Å². The second-order valence-corrected chi connectivity index (χ2v) is 4.70. The summed E-state index contributed by atoms with van der Waals surface area (Å²) < 4.78 is 1.21. The van der Waals surface area contributed by atoms with Crippen molar-refractivity contribution >= 4 is 26.8 Å². The second-order valence-electron chi connectivity index (χ2n) is 3.67. The molecule has 0 unspecified atom stereocenters. The highest BCUT2D eigenvalue weighted by atomic mass is 32.1. The summed E-state index contributed by atoms with van der Waals surface area (Å²) in [5.41, 5.74) is 9.35. The van der Waals surface area contributed by atoms with Crippen molar-refractivity contribution in [1.29, 1.82) is 0 Å². The van der Waals surface area contributed by atoms with Gasteiger partial charge in [-0.25, -0.2) is 9.97 Å². The van der Waals surface area contributed by atoms with Crippen LogP contribution in [-0.4, -0.2) is 9.97 Å². The molecule has 0 spiro atoms. The SMILES string of the molecule is Nc1nc2ncc3c(c2s1)CCCC3. The Morgan fingerprint density at radius 2 is 2.14 bits per heavy atom. The molecule has 0 radical (unpaired) electrons. The highest BCUT2D eigenvalue weighted by Crippen LogP contribution is 2.32. The van der Waals surface area contributed by atoms with Gasteiger partial charge < -0.3 is 5.73 Å². The van der Waals surface area contributed by atoms with Crippen LogP contribution in [0.3, 0.4) is 0 Å². The first kappa shape index (κ1) is 8.17. The number of aryl methyl sites for hydroxylation is 2. The van der Waals surface area contributed by atoms with E-state index in [1.54, 1.807) is 11.3 Å². The largest absolute Gasteiger partial charge is 0.375 e. The predicted molar refractivity (Wildman–Crippen MR) is 58.5 cm³/mol. The Hall–Kier alpha value is -1.16. The second kappa shape index (κ2) is 2.92. The van der Waals surface area contributed by atoms with Crippen molar-refractivity contribution in [2.75, 3.05) is 5.73 Å². The van der Waals surface area contributed by atoms with Gasteiger partial charge in [0, 0.05) is 6.20 Å². The van der Waals surface area contributed by atoms with Crippen molar-refractivity contribution in [3.8, 4) is 0 Å². The fraction of sp³-hybridized carbons (Fsp3) is 0.400. The zero-order valence-electron chi connectivity index (χ0n) is 7.79. The topological polar surface area (TPSA) is 51.8 Å². The van der Waals surface area contributed by atoms with Crippen LogP contribution in [0.2, 0.25) is 0 Å². The van der Waals surface area contributed by atoms with Crippen molar-refractivity contribution < 1.29 is 0 Å². The highest BCUT2D eigenvalue weighted by molar-refractivity contribution is 7.22. The van der Waals surface area contributed by atoms with Gasteiger partial charge in [0.25, 0.3) is 0 Å². The molecule has 0 aromatic carbocycles. The van der Waals surface area contributed by atoms with Crippen LogP contribution in [0.4, 0.5) is 5.13 Å². The van der Waals surface area contributed by atoms with Gasteiger partial charge in [0.1, 0.15) is 0 Å². The molecule has 72 valence electrons. The van der Waals surface area contributed by atoms with Crippen molar-refractivity contribution in [1.82, 2.24) is 9.97 Å². The first-order chi connectivity index (χ1) is 6.84. The maximum absolute atomic E-state index is 5.69. The summed E-state index contributed by atoms with van der Waals surface area (Å²) in [7, 11) is 0. The number of aromatic nitrogens is 2. The van der Waals surface area contributed by atoms with Crippen LogP contribution < -0.4 is 5.73 Å². The maximum atomic E-state index is 5.69. The summed E-state index contributed by atoms with van der Waals surface area (Å²) in [6.45, 7) is 0. The molecular weight excluding hydrogens is 194 g/mol. The minimum absolute atomic E-state index is 0.631. The Kier molecular flexibility index (Phi) is 1.70. The van der Waals surface area contributed by atoms with Gasteiger partial charge in [0.2, 0.25) is 0 Å². The lowest BCUT2D eigenvalue weighted by Gasteiger charge is -2.14. The number of pyridine rings is 1. The van der Waals surface area contributed by atoms with Crippen molar-refractivity contribution in [2.45, 2.75) is 25.7 Å². The van der Waals surface area contributed by atoms with Crippen LogP contribution in [0.15, 0.2) is 6.20 Å². The normalized spacial score (nSPS) is 15.7. The van der Waals surface area contributed by atoms with E-state index in [9.17, 15) is 0 Å². The van der Waals surface area contributed by atoms with Gasteiger partial charge in [-0.15, -0.1) is 0 Å². The van der Waals surface area contributed by atoms with E-state index in [1.807, 2.05) is 6.20 Å². The van der Waals surface area contributed by atoms with E-state index in [0.717, 1.165) is 18.5 Å². The third-order valence-electron chi connectivity index (χ3n) is 2.75. The van der Waals surface area contributed by atoms with Crippen LogP contribution in [0.5, 0.6) is 0 Å². The molecule has 1 aliphatic carbocycles. The summed E-state index contributed by atoms with van der Waals surface area (Å²) >= 11 is 1.57. The molecular formula is C10H11N3S. The lowest BCUT2D eigenvalue weighted by Crippen LogP contribution is -2.03. The van der Waals surface area contributed by atoms with E-state index >= 15 is 0 Å². The number of hydrogen-bond acceptors (Lipinski definition) is 4. The molecule has 14 heavy (non-hydrogen) atoms. The lowest BCUT2D eigenvalue weighted by atomic mass is 9.93. The first-order valence-electron chi connectivity index (χ1n) is 4.87. The fourth-order valence-electron chi connectivity index (χ4n) is 2.08. The van der Waals surface area contributed by atoms with E-state index in [2.05, 4.69) is 9.97 Å². The van der Waals surface area contributed by atoms with Crippen LogP contribution in [0.25, 0.3) is 10.3 Å². The maximum Gasteiger partial charge on any atom is 0.182 e. The minimum atomic E-state index is 0.631. The molecule has 1 aliphatic rings. The summed E-state index contributed by atoms with van der Waals surface area (Å²) in [6, 6.07) is 0. The smallest absolute Gasteiger partial charge is 0.182 e. The molecule has 2 N–H and O–H groups in total. The zero-order valence-corrected chi connectivity index (χ0v) is 8.60. The highest BCUT2D eigenvalue weighted by Gasteiger charge is 2.15. The number of hydrogen-bond donors (Lipinski definition) is 1. The zero-order chi connectivity index (χ0) is 9.54. The minimum Gasteiger partial charge on any atom is -0.375 e. The molecule has 2 heterocycles. The Labute approximate surface area is 86.0 Å². The molecule has 3 rings (SSSR count). The van der Waals surface area contributed by atoms with Gasteiger partial charge in [-0.2, -0.15) is 0 Å². The summed E-state index contributed by atoms with van der Waals surface area (Å²) in [6.07, 6.45) is 6.86. The van der Waals surface area contributed by atoms with Crippen molar-refractivity contribution in [3.63, 3.8) is 0 Å². The molecule has 4 heteroatoms. The van der Waals surface area contributed by atoms with Gasteiger partial charge in [0.15, 0.2) is 10.8 Å². The van der Waals surface area contributed by atoms with E-state index in [1.165, 1.54) is 28.7 Å². The Balaban J connectivity index is 2.33. The summed E-state index contributed by atoms with van der Waals surface area (Å²) in [4.78, 5) is 8.54. The molecule has 0 aliphatic heterocycles. The number of nitrogens with two attached hydrogens (primary N) is 1. The predicted octanol–water partition coefficient (Wildman–Crippen LogP) is 2.15. The van der Waals surface area contributed by atoms with Crippen molar-refractivity contribution in [2.24, 2.45) is 0 Å². The molecule has 0 amide bonds. The molecule has 3 nitrogen and oxygen atoms in total. The van der Waals surface area contributed by atoms with Gasteiger partial charge in [-0.05, 0) is 36.8 Å². The Morgan fingerprint density at radius 1 is 1.29 bits per heavy atom. The third kappa shape index (κ3) is 1.10. The number of thiazole rings is 1. The number of fused-ring (bicyclic) bond motifs is 3. The molecule has 0 saturated carbocycles. The first-order valence-corrected chi connectivity index (χ1v) is 5.69. The lowest BCUT2D eigenvalue weighted by molar-refractivity contribution is 0.688. The van der Waals surface area contributed by atoms with Crippen LogP contribution in [0.1, 0.15) is 24.0 Å². The summed E-state index contributed by atoms with van der Waals surface area (Å²) in [5, 5.41) is 0.631.